The molecule has 0 aliphatic carbocycles. The van der Waals surface area contributed by atoms with Crippen LogP contribution in [-0.4, -0.2) is 7.11 Å². The minimum absolute atomic E-state index is 0.489. The Bertz CT molecular complexity index is 553. The van der Waals surface area contributed by atoms with E-state index < -0.39 is 0 Å². The van der Waals surface area contributed by atoms with Crippen molar-refractivity contribution in [1.29, 1.82) is 0 Å². The van der Waals surface area contributed by atoms with Crippen molar-refractivity contribution >= 4 is 0 Å². The van der Waals surface area contributed by atoms with Gasteiger partial charge in [0.05, 0.1) is 12.7 Å². The highest BCUT2D eigenvalue weighted by molar-refractivity contribution is 5.49. The maximum atomic E-state index is 5.73. The summed E-state index contributed by atoms with van der Waals surface area (Å²) in [6.45, 7) is 0.489. The zero-order valence-electron chi connectivity index (χ0n) is 10.2. The van der Waals surface area contributed by atoms with Gasteiger partial charge >= 0.3 is 0 Å². The molecule has 0 heterocycles. The van der Waals surface area contributed by atoms with Crippen molar-refractivity contribution < 1.29 is 9.47 Å². The Morgan fingerprint density at radius 1 is 1.11 bits per heavy atom. The zero-order chi connectivity index (χ0) is 12.8. The van der Waals surface area contributed by atoms with Gasteiger partial charge < -0.3 is 9.47 Å². The van der Waals surface area contributed by atoms with Crippen LogP contribution in [0.5, 0.6) is 11.5 Å². The van der Waals surface area contributed by atoms with Crippen molar-refractivity contribution in [2.45, 2.75) is 6.61 Å². The number of hydrogen-bond acceptors (Lipinski definition) is 2. The molecule has 0 saturated carbocycles. The number of rotatable bonds is 4. The molecule has 90 valence electrons. The summed E-state index contributed by atoms with van der Waals surface area (Å²) >= 11 is 0. The topological polar surface area (TPSA) is 18.5 Å². The van der Waals surface area contributed by atoms with Gasteiger partial charge in [-0.25, -0.2) is 0 Å². The largest absolute Gasteiger partial charge is 0.497 e. The van der Waals surface area contributed by atoms with Crippen LogP contribution in [0, 0.1) is 12.3 Å². The smallest absolute Gasteiger partial charge is 0.139 e. The Balaban J connectivity index is 2.15. The van der Waals surface area contributed by atoms with Crippen LogP contribution in [-0.2, 0) is 6.61 Å². The van der Waals surface area contributed by atoms with Gasteiger partial charge in [0.15, 0.2) is 0 Å². The predicted octanol–water partition coefficient (Wildman–Crippen LogP) is 3.26. The van der Waals surface area contributed by atoms with Crippen LogP contribution in [0.1, 0.15) is 11.1 Å². The molecule has 0 atom stereocenters. The molecule has 2 nitrogen and oxygen atoms in total. The molecule has 0 aromatic heterocycles. The predicted molar refractivity (Wildman–Crippen MR) is 71.7 cm³/mol. The lowest BCUT2D eigenvalue weighted by Gasteiger charge is -2.10. The second-order valence-electron chi connectivity index (χ2n) is 3.78. The molecule has 0 saturated heterocycles. The third kappa shape index (κ3) is 2.83. The van der Waals surface area contributed by atoms with Gasteiger partial charge in [-0.3, -0.25) is 0 Å². The quantitative estimate of drug-likeness (QED) is 0.761. The number of benzene rings is 2. The summed E-state index contributed by atoms with van der Waals surface area (Å²) in [5.41, 5.74) is 1.83. The van der Waals surface area contributed by atoms with E-state index in [-0.39, 0.29) is 0 Å². The molecule has 0 aliphatic rings. The first-order valence-electron chi connectivity index (χ1n) is 5.65. The highest BCUT2D eigenvalue weighted by atomic mass is 16.5. The summed E-state index contributed by atoms with van der Waals surface area (Å²) in [6, 6.07) is 15.4. The maximum Gasteiger partial charge on any atom is 0.139 e. The Hall–Kier alpha value is -2.40. The number of hydrogen-bond donors (Lipinski definition) is 0. The highest BCUT2D eigenvalue weighted by Gasteiger charge is 2.04. The first-order chi connectivity index (χ1) is 8.83. The van der Waals surface area contributed by atoms with Gasteiger partial charge in [-0.15, -0.1) is 6.42 Å². The maximum absolute atomic E-state index is 5.73. The SMILES string of the molecule is C#Cc1ccc(OC)cc1OCc1ccccc1. The Morgan fingerprint density at radius 2 is 1.89 bits per heavy atom. The Morgan fingerprint density at radius 3 is 2.56 bits per heavy atom. The molecule has 2 aromatic rings. The van der Waals surface area contributed by atoms with Crippen LogP contribution >= 0.6 is 0 Å². The molecular weight excluding hydrogens is 224 g/mol. The molecule has 0 bridgehead atoms. The van der Waals surface area contributed by atoms with Gasteiger partial charge in [-0.2, -0.15) is 0 Å². The first-order valence-corrected chi connectivity index (χ1v) is 5.65. The molecule has 0 amide bonds. The second-order valence-corrected chi connectivity index (χ2v) is 3.78. The van der Waals surface area contributed by atoms with Gasteiger partial charge in [0.2, 0.25) is 0 Å². The molecule has 2 heteroatoms. The van der Waals surface area contributed by atoms with Crippen molar-refractivity contribution in [2.75, 3.05) is 7.11 Å². The van der Waals surface area contributed by atoms with E-state index in [1.807, 2.05) is 42.5 Å². The minimum atomic E-state index is 0.489. The standard InChI is InChI=1S/C16H14O2/c1-3-14-9-10-15(17-2)11-16(14)18-12-13-7-5-4-6-8-13/h1,4-11H,12H2,2H3. The minimum Gasteiger partial charge on any atom is -0.497 e. The molecule has 0 N–H and O–H groups in total. The van der Waals surface area contributed by atoms with Crippen LogP contribution < -0.4 is 9.47 Å². The molecule has 0 spiro atoms. The van der Waals surface area contributed by atoms with Crippen LogP contribution in [0.25, 0.3) is 0 Å². The lowest BCUT2D eigenvalue weighted by molar-refractivity contribution is 0.303. The van der Waals surface area contributed by atoms with E-state index in [9.17, 15) is 0 Å². The lowest BCUT2D eigenvalue weighted by Crippen LogP contribution is -1.97. The summed E-state index contributed by atoms with van der Waals surface area (Å²) < 4.78 is 10.9. The molecular formula is C16H14O2. The summed E-state index contributed by atoms with van der Waals surface area (Å²) in [4.78, 5) is 0. The molecule has 0 unspecified atom stereocenters. The first kappa shape index (κ1) is 12.1. The van der Waals surface area contributed by atoms with E-state index in [2.05, 4.69) is 5.92 Å². The van der Waals surface area contributed by atoms with Crippen LogP contribution in [0.2, 0.25) is 0 Å². The third-order valence-electron chi connectivity index (χ3n) is 2.58. The van der Waals surface area contributed by atoms with E-state index in [0.29, 0.717) is 12.4 Å². The van der Waals surface area contributed by atoms with Gasteiger partial charge in [0.1, 0.15) is 18.1 Å². The fraction of sp³-hybridized carbons (Fsp3) is 0.125. The van der Waals surface area contributed by atoms with Crippen LogP contribution in [0.3, 0.4) is 0 Å². The third-order valence-corrected chi connectivity index (χ3v) is 2.58. The monoisotopic (exact) mass is 238 g/mol. The average molecular weight is 238 g/mol. The number of ether oxygens (including phenoxy) is 2. The molecule has 2 rings (SSSR count). The average Bonchev–Trinajstić information content (AvgIpc) is 2.45. The Kier molecular flexibility index (Phi) is 3.88. The van der Waals surface area contributed by atoms with Gasteiger partial charge in [-0.05, 0) is 17.7 Å². The Labute approximate surface area is 107 Å². The van der Waals surface area contributed by atoms with Crippen LogP contribution in [0.4, 0.5) is 0 Å². The fourth-order valence-corrected chi connectivity index (χ4v) is 1.60. The highest BCUT2D eigenvalue weighted by Crippen LogP contribution is 2.24. The van der Waals surface area contributed by atoms with E-state index in [0.717, 1.165) is 16.9 Å². The van der Waals surface area contributed by atoms with Crippen molar-refractivity contribution in [1.82, 2.24) is 0 Å². The molecule has 0 fully saturated rings. The van der Waals surface area contributed by atoms with Crippen molar-refractivity contribution in [3.63, 3.8) is 0 Å². The van der Waals surface area contributed by atoms with Crippen molar-refractivity contribution in [3.05, 3.63) is 59.7 Å². The van der Waals surface area contributed by atoms with Gasteiger partial charge in [0.25, 0.3) is 0 Å². The van der Waals surface area contributed by atoms with E-state index in [1.54, 1.807) is 13.2 Å². The lowest BCUT2D eigenvalue weighted by atomic mass is 10.2. The van der Waals surface area contributed by atoms with E-state index >= 15 is 0 Å². The van der Waals surface area contributed by atoms with E-state index in [4.69, 9.17) is 15.9 Å². The zero-order valence-corrected chi connectivity index (χ0v) is 10.2. The normalized spacial score (nSPS) is 9.56. The van der Waals surface area contributed by atoms with Gasteiger partial charge in [-0.1, -0.05) is 36.3 Å². The molecule has 0 radical (unpaired) electrons. The summed E-state index contributed by atoms with van der Waals surface area (Å²) in [5, 5.41) is 0. The van der Waals surface area contributed by atoms with E-state index in [1.165, 1.54) is 0 Å². The summed E-state index contributed by atoms with van der Waals surface area (Å²) in [6.07, 6.45) is 5.44. The number of methoxy groups -OCH3 is 1. The fourth-order valence-electron chi connectivity index (χ4n) is 1.60. The summed E-state index contributed by atoms with van der Waals surface area (Å²) in [7, 11) is 1.62. The van der Waals surface area contributed by atoms with Crippen LogP contribution in [0.15, 0.2) is 48.5 Å². The van der Waals surface area contributed by atoms with Crippen molar-refractivity contribution in [3.8, 4) is 23.8 Å². The second kappa shape index (κ2) is 5.79. The van der Waals surface area contributed by atoms with Gasteiger partial charge in [0, 0.05) is 6.07 Å². The molecule has 2 aromatic carbocycles. The van der Waals surface area contributed by atoms with Crippen molar-refractivity contribution in [2.24, 2.45) is 0 Å². The molecule has 18 heavy (non-hydrogen) atoms. The molecule has 0 aliphatic heterocycles. The summed E-state index contributed by atoms with van der Waals surface area (Å²) in [5.74, 6) is 4.00. The number of terminal acetylenes is 1.